The fourth-order valence-corrected chi connectivity index (χ4v) is 2.95. The summed E-state index contributed by atoms with van der Waals surface area (Å²) in [5.41, 5.74) is 5.64. The summed E-state index contributed by atoms with van der Waals surface area (Å²) in [5, 5.41) is 2.94. The summed E-state index contributed by atoms with van der Waals surface area (Å²) < 4.78 is 4.97. The van der Waals surface area contributed by atoms with E-state index in [-0.39, 0.29) is 11.9 Å². The summed E-state index contributed by atoms with van der Waals surface area (Å²) in [6.45, 7) is 4.74. The molecule has 0 aromatic heterocycles. The van der Waals surface area contributed by atoms with E-state index >= 15 is 0 Å². The first-order chi connectivity index (χ1) is 9.70. The predicted molar refractivity (Wildman–Crippen MR) is 81.6 cm³/mol. The molecule has 0 heterocycles. The van der Waals surface area contributed by atoms with Crippen LogP contribution in [0.4, 0.5) is 0 Å². The smallest absolute Gasteiger partial charge is 0.237 e. The lowest BCUT2D eigenvalue weighted by Gasteiger charge is -2.37. The summed E-state index contributed by atoms with van der Waals surface area (Å²) in [6.07, 6.45) is 7.26. The van der Waals surface area contributed by atoms with Crippen LogP contribution < -0.4 is 11.1 Å². The van der Waals surface area contributed by atoms with Gasteiger partial charge < -0.3 is 15.8 Å². The number of hydrogen-bond donors (Lipinski definition) is 2. The van der Waals surface area contributed by atoms with E-state index < -0.39 is 0 Å². The van der Waals surface area contributed by atoms with Gasteiger partial charge in [0.15, 0.2) is 0 Å². The van der Waals surface area contributed by atoms with Crippen molar-refractivity contribution in [2.75, 3.05) is 33.4 Å². The molecule has 1 amide bonds. The maximum absolute atomic E-state index is 12.2. The van der Waals surface area contributed by atoms with Crippen LogP contribution in [0.1, 0.15) is 45.4 Å². The van der Waals surface area contributed by atoms with Crippen LogP contribution in [0.25, 0.3) is 0 Å². The standard InChI is InChI=1S/C15H31N3O2/c1-13(15(19)17-10-12-20-2)18(11-6-9-16)14-7-4-3-5-8-14/h13-14H,3-12,16H2,1-2H3,(H,17,19). The second-order valence-corrected chi connectivity index (χ2v) is 5.63. The summed E-state index contributed by atoms with van der Waals surface area (Å²) in [4.78, 5) is 14.6. The Labute approximate surface area is 123 Å². The highest BCUT2D eigenvalue weighted by Crippen LogP contribution is 2.24. The molecular formula is C15H31N3O2. The normalized spacial score (nSPS) is 18.2. The number of hydrogen-bond acceptors (Lipinski definition) is 4. The first-order valence-electron chi connectivity index (χ1n) is 7.93. The SMILES string of the molecule is COCCNC(=O)C(C)N(CCCN)C1CCCCC1. The van der Waals surface area contributed by atoms with Crippen LogP contribution in [-0.2, 0) is 9.53 Å². The highest BCUT2D eigenvalue weighted by Gasteiger charge is 2.28. The molecule has 1 aliphatic carbocycles. The van der Waals surface area contributed by atoms with Crippen molar-refractivity contribution in [3.63, 3.8) is 0 Å². The molecule has 1 unspecified atom stereocenters. The number of amides is 1. The van der Waals surface area contributed by atoms with Crippen LogP contribution in [0.3, 0.4) is 0 Å². The molecule has 0 aromatic carbocycles. The Hall–Kier alpha value is -0.650. The van der Waals surface area contributed by atoms with Crippen LogP contribution in [0.2, 0.25) is 0 Å². The molecular weight excluding hydrogens is 254 g/mol. The number of carbonyl (C=O) groups is 1. The first-order valence-corrected chi connectivity index (χ1v) is 7.93. The lowest BCUT2D eigenvalue weighted by atomic mass is 9.93. The second kappa shape index (κ2) is 10.1. The molecule has 1 saturated carbocycles. The zero-order chi connectivity index (χ0) is 14.8. The topological polar surface area (TPSA) is 67.6 Å². The van der Waals surface area contributed by atoms with Crippen molar-refractivity contribution in [3.05, 3.63) is 0 Å². The van der Waals surface area contributed by atoms with Gasteiger partial charge in [-0.2, -0.15) is 0 Å². The molecule has 5 nitrogen and oxygen atoms in total. The molecule has 1 aliphatic rings. The molecule has 3 N–H and O–H groups in total. The van der Waals surface area contributed by atoms with Gasteiger partial charge in [0.05, 0.1) is 12.6 Å². The minimum atomic E-state index is -0.0819. The predicted octanol–water partition coefficient (Wildman–Crippen LogP) is 1.12. The van der Waals surface area contributed by atoms with Crippen LogP contribution in [0.5, 0.6) is 0 Å². The second-order valence-electron chi connectivity index (χ2n) is 5.63. The maximum Gasteiger partial charge on any atom is 0.237 e. The van der Waals surface area contributed by atoms with Gasteiger partial charge in [0.1, 0.15) is 0 Å². The summed E-state index contributed by atoms with van der Waals surface area (Å²) in [6, 6.07) is 0.458. The van der Waals surface area contributed by atoms with Gasteiger partial charge in [0.25, 0.3) is 0 Å². The molecule has 1 fully saturated rings. The minimum absolute atomic E-state index is 0.0819. The van der Waals surface area contributed by atoms with E-state index in [2.05, 4.69) is 10.2 Å². The zero-order valence-electron chi connectivity index (χ0n) is 13.1. The number of carbonyl (C=O) groups excluding carboxylic acids is 1. The van der Waals surface area contributed by atoms with Gasteiger partial charge in [-0.15, -0.1) is 0 Å². The van der Waals surface area contributed by atoms with E-state index in [9.17, 15) is 4.79 Å². The van der Waals surface area contributed by atoms with Gasteiger partial charge >= 0.3 is 0 Å². The Morgan fingerprint density at radius 3 is 2.70 bits per heavy atom. The molecule has 0 aliphatic heterocycles. The highest BCUT2D eigenvalue weighted by molar-refractivity contribution is 5.81. The third-order valence-electron chi connectivity index (χ3n) is 4.15. The van der Waals surface area contributed by atoms with E-state index in [1.54, 1.807) is 7.11 Å². The molecule has 5 heteroatoms. The molecule has 118 valence electrons. The van der Waals surface area contributed by atoms with Crippen LogP contribution >= 0.6 is 0 Å². The van der Waals surface area contributed by atoms with Crippen LogP contribution in [0, 0.1) is 0 Å². The van der Waals surface area contributed by atoms with Crippen molar-refractivity contribution in [1.82, 2.24) is 10.2 Å². The highest BCUT2D eigenvalue weighted by atomic mass is 16.5. The molecule has 20 heavy (non-hydrogen) atoms. The molecule has 0 aromatic rings. The van der Waals surface area contributed by atoms with Gasteiger partial charge in [0.2, 0.25) is 5.91 Å². The van der Waals surface area contributed by atoms with Crippen molar-refractivity contribution >= 4 is 5.91 Å². The van der Waals surface area contributed by atoms with Gasteiger partial charge in [0, 0.05) is 26.2 Å². The van der Waals surface area contributed by atoms with Gasteiger partial charge in [-0.05, 0) is 32.7 Å². The molecule has 0 saturated heterocycles. The average molecular weight is 285 g/mol. The zero-order valence-corrected chi connectivity index (χ0v) is 13.1. The third-order valence-corrected chi connectivity index (χ3v) is 4.15. The maximum atomic E-state index is 12.2. The summed E-state index contributed by atoms with van der Waals surface area (Å²) in [5.74, 6) is 0.102. The van der Waals surface area contributed by atoms with Crippen molar-refractivity contribution in [2.24, 2.45) is 5.73 Å². The van der Waals surface area contributed by atoms with Gasteiger partial charge in [-0.25, -0.2) is 0 Å². The number of nitrogens with one attached hydrogen (secondary N) is 1. The number of methoxy groups -OCH3 is 1. The largest absolute Gasteiger partial charge is 0.383 e. The van der Waals surface area contributed by atoms with E-state index in [1.807, 2.05) is 6.92 Å². The fraction of sp³-hybridized carbons (Fsp3) is 0.933. The third kappa shape index (κ3) is 5.77. The Kier molecular flexibility index (Phi) is 8.82. The quantitative estimate of drug-likeness (QED) is 0.623. The van der Waals surface area contributed by atoms with Gasteiger partial charge in [-0.3, -0.25) is 9.69 Å². The lowest BCUT2D eigenvalue weighted by Crippen LogP contribution is -2.51. The van der Waals surface area contributed by atoms with Crippen LogP contribution in [-0.4, -0.2) is 56.2 Å². The molecule has 0 radical (unpaired) electrons. The Morgan fingerprint density at radius 1 is 1.40 bits per heavy atom. The van der Waals surface area contributed by atoms with E-state index in [0.29, 0.717) is 25.7 Å². The number of rotatable bonds is 9. The number of ether oxygens (including phenoxy) is 1. The molecule has 0 bridgehead atoms. The van der Waals surface area contributed by atoms with Crippen molar-refractivity contribution in [3.8, 4) is 0 Å². The van der Waals surface area contributed by atoms with Crippen LogP contribution in [0.15, 0.2) is 0 Å². The Bertz CT molecular complexity index is 268. The molecule has 1 rings (SSSR count). The van der Waals surface area contributed by atoms with Crippen molar-refractivity contribution in [1.29, 1.82) is 0 Å². The minimum Gasteiger partial charge on any atom is -0.383 e. The monoisotopic (exact) mass is 285 g/mol. The van der Waals surface area contributed by atoms with E-state index in [0.717, 1.165) is 13.0 Å². The fourth-order valence-electron chi connectivity index (χ4n) is 2.95. The Morgan fingerprint density at radius 2 is 2.10 bits per heavy atom. The molecule has 1 atom stereocenters. The lowest BCUT2D eigenvalue weighted by molar-refractivity contribution is -0.127. The van der Waals surface area contributed by atoms with E-state index in [1.165, 1.54) is 32.1 Å². The number of nitrogens with zero attached hydrogens (tertiary/aromatic N) is 1. The first kappa shape index (κ1) is 17.4. The van der Waals surface area contributed by atoms with Crippen molar-refractivity contribution < 1.29 is 9.53 Å². The summed E-state index contributed by atoms with van der Waals surface area (Å²) >= 11 is 0. The molecule has 0 spiro atoms. The summed E-state index contributed by atoms with van der Waals surface area (Å²) in [7, 11) is 1.64. The average Bonchev–Trinajstić information content (AvgIpc) is 2.48. The van der Waals surface area contributed by atoms with Crippen molar-refractivity contribution in [2.45, 2.75) is 57.5 Å². The number of nitrogens with two attached hydrogens (primary N) is 1. The van der Waals surface area contributed by atoms with Gasteiger partial charge in [-0.1, -0.05) is 19.3 Å². The Balaban J connectivity index is 2.53. The van der Waals surface area contributed by atoms with E-state index in [4.69, 9.17) is 10.5 Å².